The monoisotopic (exact) mass is 553 g/mol. The summed E-state index contributed by atoms with van der Waals surface area (Å²) < 4.78 is 38.5. The van der Waals surface area contributed by atoms with E-state index in [-0.39, 0.29) is 0 Å². The van der Waals surface area contributed by atoms with Crippen LogP contribution in [0.3, 0.4) is 0 Å². The van der Waals surface area contributed by atoms with Crippen LogP contribution in [-0.2, 0) is 18.1 Å². The zero-order chi connectivity index (χ0) is 23.8. The molecule has 12 heteroatoms. The van der Waals surface area contributed by atoms with Crippen molar-refractivity contribution >= 4 is 43.7 Å². The lowest BCUT2D eigenvalue weighted by molar-refractivity contribution is 0.231. The van der Waals surface area contributed by atoms with Gasteiger partial charge in [0.25, 0.3) is 0 Å². The Hall–Kier alpha value is 1.11. The third kappa shape index (κ3) is 12.7. The van der Waals surface area contributed by atoms with Crippen LogP contribution in [0.5, 0.6) is 0 Å². The normalized spacial score (nSPS) is 24.6. The molecule has 0 aromatic heterocycles. The number of halogens is 2. The van der Waals surface area contributed by atoms with Crippen molar-refractivity contribution in [3.05, 3.63) is 0 Å². The molecule has 0 saturated carbocycles. The molecule has 0 saturated heterocycles. The van der Waals surface area contributed by atoms with Crippen molar-refractivity contribution in [3.63, 3.8) is 0 Å². The lowest BCUT2D eigenvalue weighted by atomic mass is 10.3. The fourth-order valence-corrected chi connectivity index (χ4v) is 14.7. The van der Waals surface area contributed by atoms with Crippen molar-refractivity contribution in [2.45, 2.75) is 105 Å². The van der Waals surface area contributed by atoms with Gasteiger partial charge in [0, 0.05) is 0 Å². The van der Waals surface area contributed by atoms with E-state index in [1.54, 1.807) is 0 Å². The Labute approximate surface area is 206 Å². The van der Waals surface area contributed by atoms with E-state index < -0.39 is 21.2 Å². The molecule has 0 aromatic carbocycles. The van der Waals surface area contributed by atoms with Crippen molar-refractivity contribution in [3.8, 4) is 0 Å². The van der Waals surface area contributed by atoms with Crippen LogP contribution in [0.15, 0.2) is 13.5 Å². The Balaban J connectivity index is 3.21. The molecule has 7 nitrogen and oxygen atoms in total. The summed E-state index contributed by atoms with van der Waals surface area (Å²) in [5, 5.41) is 0. The molecule has 0 radical (unpaired) electrons. The zero-order valence-corrected chi connectivity index (χ0v) is 24.6. The molecular weight excluding hydrogens is 510 g/mol. The van der Waals surface area contributed by atoms with Gasteiger partial charge in [-0.3, -0.25) is 0 Å². The largest absolute Gasteiger partial charge is 0.347 e. The molecule has 0 aromatic rings. The van der Waals surface area contributed by atoms with Crippen LogP contribution in [0, 0.1) is 0 Å². The fraction of sp³-hybridized carbons (Fsp3) is 1.00. The van der Waals surface area contributed by atoms with Crippen LogP contribution in [0.4, 0.5) is 0 Å². The van der Waals surface area contributed by atoms with Gasteiger partial charge in [0.2, 0.25) is 0 Å². The highest BCUT2D eigenvalue weighted by atomic mass is 35.7. The van der Waals surface area contributed by atoms with Crippen molar-refractivity contribution in [1.82, 2.24) is 0 Å². The van der Waals surface area contributed by atoms with Crippen LogP contribution >= 0.6 is 43.7 Å². The third-order valence-electron chi connectivity index (χ3n) is 4.69. The second-order valence-corrected chi connectivity index (χ2v) is 16.6. The second-order valence-electron chi connectivity index (χ2n) is 7.87. The summed E-state index contributed by atoms with van der Waals surface area (Å²) in [6, 6.07) is 0. The molecule has 2 atom stereocenters. The Morgan fingerprint density at radius 3 is 1.19 bits per heavy atom. The first-order valence-electron chi connectivity index (χ1n) is 12.3. The van der Waals surface area contributed by atoms with E-state index in [0.29, 0.717) is 26.4 Å². The van der Waals surface area contributed by atoms with Gasteiger partial charge in [0.15, 0.2) is 0 Å². The first kappa shape index (κ1) is 31.1. The fourth-order valence-electron chi connectivity index (χ4n) is 2.85. The number of rotatable bonds is 20. The van der Waals surface area contributed by atoms with Gasteiger partial charge in [-0.05, 0) is 48.2 Å². The lowest BCUT2D eigenvalue weighted by Crippen LogP contribution is -2.02. The van der Waals surface area contributed by atoms with Crippen molar-refractivity contribution < 1.29 is 18.1 Å². The first-order chi connectivity index (χ1) is 15.4. The van der Waals surface area contributed by atoms with E-state index >= 15 is 0 Å². The Morgan fingerprint density at radius 1 is 0.469 bits per heavy atom. The minimum atomic E-state index is -3.09. The molecule has 1 aliphatic heterocycles. The lowest BCUT2D eigenvalue weighted by Gasteiger charge is -2.29. The van der Waals surface area contributed by atoms with E-state index in [9.17, 15) is 0 Å². The van der Waals surface area contributed by atoms with Gasteiger partial charge in [-0.2, -0.15) is 13.5 Å². The first-order valence-corrected chi connectivity index (χ1v) is 18.8. The van der Waals surface area contributed by atoms with Crippen LogP contribution in [-0.4, -0.2) is 26.4 Å². The molecule has 0 aliphatic carbocycles. The number of unbranched alkanes of at least 4 members (excludes halogenated alkanes) is 8. The van der Waals surface area contributed by atoms with E-state index in [2.05, 4.69) is 32.2 Å². The van der Waals surface area contributed by atoms with Gasteiger partial charge in [0.05, 0.1) is 26.4 Å². The van der Waals surface area contributed by atoms with Crippen LogP contribution in [0.2, 0.25) is 0 Å². The van der Waals surface area contributed by atoms with Crippen molar-refractivity contribution in [2.75, 3.05) is 26.4 Å². The molecule has 0 amide bonds. The molecule has 2 unspecified atom stereocenters. The molecule has 0 spiro atoms. The van der Waals surface area contributed by atoms with Crippen LogP contribution in [0.25, 0.3) is 0 Å². The number of hydrogen-bond acceptors (Lipinski definition) is 7. The average molecular weight is 554 g/mol. The topological polar surface area (TPSA) is 74.0 Å². The highest BCUT2D eigenvalue weighted by Gasteiger charge is 2.39. The van der Waals surface area contributed by atoms with E-state index in [1.165, 1.54) is 0 Å². The zero-order valence-electron chi connectivity index (χ0n) is 20.4. The molecule has 0 N–H and O–H groups in total. The molecule has 32 heavy (non-hydrogen) atoms. The van der Waals surface area contributed by atoms with Gasteiger partial charge < -0.3 is 18.1 Å². The number of hydrogen-bond donors (Lipinski definition) is 0. The van der Waals surface area contributed by atoms with Gasteiger partial charge in [0.1, 0.15) is 0 Å². The minimum absolute atomic E-state index is 0.469. The van der Waals surface area contributed by atoms with E-state index in [0.717, 1.165) is 77.0 Å². The maximum Gasteiger partial charge on any atom is 0.347 e. The van der Waals surface area contributed by atoms with Crippen molar-refractivity contribution in [1.29, 1.82) is 0 Å². The summed E-state index contributed by atoms with van der Waals surface area (Å²) in [6.07, 6.45) is 12.2. The Kier molecular flexibility index (Phi) is 17.1. The molecule has 1 rings (SSSR count). The standard InChI is InChI=1S/C20H44Cl2N3O4P3/c1-5-9-13-17-26-30(21)23-31(22,27-18-14-10-6-2)25-32(24-30,28-19-15-11-7-3)29-20-16-12-8-4/h5-20H2,1-4H3. The molecular formula is C20H44Cl2N3O4P3. The molecule has 192 valence electrons. The predicted octanol–water partition coefficient (Wildman–Crippen LogP) is 11.1. The predicted molar refractivity (Wildman–Crippen MR) is 142 cm³/mol. The maximum atomic E-state index is 6.87. The van der Waals surface area contributed by atoms with E-state index in [1.807, 2.05) is 0 Å². The highest BCUT2D eigenvalue weighted by Crippen LogP contribution is 2.83. The van der Waals surface area contributed by atoms with Gasteiger partial charge in [-0.15, -0.1) is 0 Å². The minimum Gasteiger partial charge on any atom is -0.316 e. The Morgan fingerprint density at radius 2 is 0.812 bits per heavy atom. The van der Waals surface area contributed by atoms with Crippen molar-refractivity contribution in [2.24, 2.45) is 13.5 Å². The second kappa shape index (κ2) is 17.5. The average Bonchev–Trinajstić information content (AvgIpc) is 2.75. The molecule has 0 bridgehead atoms. The summed E-state index contributed by atoms with van der Waals surface area (Å²) in [5.74, 6) is 0. The van der Waals surface area contributed by atoms with Crippen LogP contribution in [0.1, 0.15) is 105 Å². The van der Waals surface area contributed by atoms with E-state index in [4.69, 9.17) is 49.6 Å². The molecule has 0 fully saturated rings. The van der Waals surface area contributed by atoms with Gasteiger partial charge >= 0.3 is 21.2 Å². The molecule has 1 aliphatic rings. The maximum absolute atomic E-state index is 6.87. The summed E-state index contributed by atoms with van der Waals surface area (Å²) >= 11 is 13.7. The summed E-state index contributed by atoms with van der Waals surface area (Å²) in [7, 11) is -3.08. The number of nitrogens with zero attached hydrogens (tertiary/aromatic N) is 3. The SMILES string of the molecule is CCCCCOP1(Cl)=NP(Cl)(OCCCCC)=NP(OCCCCC)(OCCCCC)=N1. The van der Waals surface area contributed by atoms with Gasteiger partial charge in [-0.1, -0.05) is 79.1 Å². The van der Waals surface area contributed by atoms with Crippen LogP contribution < -0.4 is 0 Å². The summed E-state index contributed by atoms with van der Waals surface area (Å²) in [5.41, 5.74) is 0. The third-order valence-corrected chi connectivity index (χ3v) is 15.1. The smallest absolute Gasteiger partial charge is 0.316 e. The van der Waals surface area contributed by atoms with Gasteiger partial charge in [-0.25, -0.2) is 0 Å². The highest BCUT2D eigenvalue weighted by molar-refractivity contribution is 8.00. The molecule has 1 heterocycles. The Bertz CT molecular complexity index is 647. The summed E-state index contributed by atoms with van der Waals surface area (Å²) in [6.45, 7) is 4.32. The quantitative estimate of drug-likeness (QED) is 0.111. The summed E-state index contributed by atoms with van der Waals surface area (Å²) in [4.78, 5) is 0.